The number of carbonyl (C=O) groups is 1. The highest BCUT2D eigenvalue weighted by atomic mass is 32.2. The molecule has 1 aromatic heterocycles. The van der Waals surface area contributed by atoms with Crippen molar-refractivity contribution >= 4 is 27.5 Å². The van der Waals surface area contributed by atoms with Crippen molar-refractivity contribution in [2.75, 3.05) is 42.3 Å². The Balaban J connectivity index is 1.59. The van der Waals surface area contributed by atoms with Gasteiger partial charge in [0.1, 0.15) is 0 Å². The van der Waals surface area contributed by atoms with Crippen LogP contribution in [0, 0.1) is 5.92 Å². The van der Waals surface area contributed by atoms with Gasteiger partial charge in [0.25, 0.3) is 10.0 Å². The van der Waals surface area contributed by atoms with Crippen LogP contribution in [-0.2, 0) is 10.0 Å². The van der Waals surface area contributed by atoms with Crippen molar-refractivity contribution in [1.82, 2.24) is 9.88 Å². The third kappa shape index (κ3) is 5.70. The van der Waals surface area contributed by atoms with Crippen LogP contribution in [0.4, 0.5) is 11.5 Å². The number of carboxylic acid groups (broad SMARTS) is 1. The first-order valence-corrected chi connectivity index (χ1v) is 13.5. The van der Waals surface area contributed by atoms with E-state index < -0.39 is 16.0 Å². The summed E-state index contributed by atoms with van der Waals surface area (Å²) in [7, 11) is -3.91. The molecule has 184 valence electrons. The summed E-state index contributed by atoms with van der Waals surface area (Å²) in [5.41, 5.74) is 1.20. The molecule has 4 rings (SSSR count). The number of carboxylic acids is 1. The number of pyridine rings is 1. The third-order valence-electron chi connectivity index (χ3n) is 6.75. The molecule has 9 heteroatoms. The summed E-state index contributed by atoms with van der Waals surface area (Å²) in [6, 6.07) is 8.14. The van der Waals surface area contributed by atoms with Gasteiger partial charge in [-0.15, -0.1) is 0 Å². The van der Waals surface area contributed by atoms with Crippen LogP contribution in [0.15, 0.2) is 41.4 Å². The first-order chi connectivity index (χ1) is 16.2. The van der Waals surface area contributed by atoms with E-state index in [9.17, 15) is 18.3 Å². The molecule has 0 aliphatic carbocycles. The first kappa shape index (κ1) is 24.5. The second-order valence-corrected chi connectivity index (χ2v) is 11.4. The molecule has 2 fully saturated rings. The van der Waals surface area contributed by atoms with Gasteiger partial charge in [0.05, 0.1) is 16.1 Å². The van der Waals surface area contributed by atoms with Crippen molar-refractivity contribution in [2.24, 2.45) is 5.92 Å². The number of sulfonamides is 1. The zero-order chi connectivity index (χ0) is 24.3. The minimum Gasteiger partial charge on any atom is -0.478 e. The molecule has 3 heterocycles. The molecule has 1 unspecified atom stereocenters. The number of nitrogens with one attached hydrogen (secondary N) is 1. The highest BCUT2D eigenvalue weighted by molar-refractivity contribution is 7.92. The Kier molecular flexibility index (Phi) is 7.42. The normalized spacial score (nSPS) is 19.5. The summed E-state index contributed by atoms with van der Waals surface area (Å²) in [6.07, 6.45) is 5.92. The van der Waals surface area contributed by atoms with Gasteiger partial charge in [-0.1, -0.05) is 26.0 Å². The van der Waals surface area contributed by atoms with Gasteiger partial charge < -0.3 is 14.9 Å². The monoisotopic (exact) mass is 486 g/mol. The topological polar surface area (TPSA) is 103 Å². The Morgan fingerprint density at radius 3 is 2.50 bits per heavy atom. The Labute approximate surface area is 202 Å². The van der Waals surface area contributed by atoms with Gasteiger partial charge in [0.15, 0.2) is 5.82 Å². The lowest BCUT2D eigenvalue weighted by Gasteiger charge is -2.36. The van der Waals surface area contributed by atoms with Gasteiger partial charge in [-0.2, -0.15) is 0 Å². The van der Waals surface area contributed by atoms with E-state index in [0.29, 0.717) is 17.7 Å². The molecule has 2 aliphatic rings. The number of hydrogen-bond donors (Lipinski definition) is 2. The van der Waals surface area contributed by atoms with Crippen LogP contribution < -0.4 is 9.62 Å². The first-order valence-electron chi connectivity index (χ1n) is 12.1. The minimum atomic E-state index is -3.91. The highest BCUT2D eigenvalue weighted by Gasteiger charge is 2.27. The van der Waals surface area contributed by atoms with E-state index in [1.807, 2.05) is 13.8 Å². The largest absolute Gasteiger partial charge is 0.478 e. The molecule has 0 radical (unpaired) electrons. The van der Waals surface area contributed by atoms with Crippen LogP contribution >= 0.6 is 0 Å². The van der Waals surface area contributed by atoms with Crippen molar-refractivity contribution in [1.29, 1.82) is 0 Å². The lowest BCUT2D eigenvalue weighted by Crippen LogP contribution is -2.41. The summed E-state index contributed by atoms with van der Waals surface area (Å²) in [4.78, 5) is 20.7. The number of hydrogen-bond acceptors (Lipinski definition) is 6. The van der Waals surface area contributed by atoms with Gasteiger partial charge >= 0.3 is 5.97 Å². The fraction of sp³-hybridized carbons (Fsp3) is 0.520. The molecule has 1 aromatic carbocycles. The van der Waals surface area contributed by atoms with Crippen molar-refractivity contribution < 1.29 is 18.3 Å². The standard InChI is InChI=1S/C25H34N4O4S/c1-18(2)20-7-9-22(10-8-20)34(32,33)27-23-14-21(25(30)31)15-26-24(23)29-13-5-6-19(17-29)16-28-11-3-4-12-28/h7-10,14-15,18-19,27H,3-6,11-13,16-17H2,1-2H3,(H,30,31). The predicted molar refractivity (Wildman–Crippen MR) is 133 cm³/mol. The van der Waals surface area contributed by atoms with Crippen LogP contribution in [0.5, 0.6) is 0 Å². The average Bonchev–Trinajstić information content (AvgIpc) is 3.32. The Morgan fingerprint density at radius 2 is 1.85 bits per heavy atom. The van der Waals surface area contributed by atoms with Gasteiger partial charge in [-0.3, -0.25) is 4.72 Å². The lowest BCUT2D eigenvalue weighted by atomic mass is 9.97. The van der Waals surface area contributed by atoms with E-state index in [2.05, 4.69) is 19.5 Å². The van der Waals surface area contributed by atoms with E-state index in [-0.39, 0.29) is 16.1 Å². The number of likely N-dealkylation sites (tertiary alicyclic amines) is 1. The molecule has 8 nitrogen and oxygen atoms in total. The molecule has 2 aromatic rings. The molecule has 2 aliphatic heterocycles. The lowest BCUT2D eigenvalue weighted by molar-refractivity contribution is 0.0696. The van der Waals surface area contributed by atoms with E-state index in [4.69, 9.17) is 0 Å². The van der Waals surface area contributed by atoms with Crippen molar-refractivity contribution in [3.63, 3.8) is 0 Å². The summed E-state index contributed by atoms with van der Waals surface area (Å²) in [5, 5.41) is 9.47. The van der Waals surface area contributed by atoms with Gasteiger partial charge in [-0.25, -0.2) is 18.2 Å². The fourth-order valence-electron chi connectivity index (χ4n) is 4.87. The molecule has 2 N–H and O–H groups in total. The molecular formula is C25H34N4O4S. The van der Waals surface area contributed by atoms with Gasteiger partial charge in [0, 0.05) is 25.8 Å². The van der Waals surface area contributed by atoms with E-state index in [1.54, 1.807) is 24.3 Å². The van der Waals surface area contributed by atoms with E-state index >= 15 is 0 Å². The third-order valence-corrected chi connectivity index (χ3v) is 8.13. The number of benzene rings is 1. The Hall–Kier alpha value is -2.65. The number of aromatic carboxylic acids is 1. The number of rotatable bonds is 8. The highest BCUT2D eigenvalue weighted by Crippen LogP contribution is 2.31. The SMILES string of the molecule is CC(C)c1ccc(S(=O)(=O)Nc2cc(C(=O)O)cnc2N2CCCC(CN3CCCC3)C2)cc1. The zero-order valence-electron chi connectivity index (χ0n) is 19.9. The molecular weight excluding hydrogens is 452 g/mol. The van der Waals surface area contributed by atoms with Gasteiger partial charge in [0.2, 0.25) is 0 Å². The molecule has 0 spiro atoms. The van der Waals surface area contributed by atoms with Crippen LogP contribution in [-0.4, -0.2) is 62.1 Å². The summed E-state index contributed by atoms with van der Waals surface area (Å²) in [6.45, 7) is 8.94. The zero-order valence-corrected chi connectivity index (χ0v) is 20.7. The molecule has 34 heavy (non-hydrogen) atoms. The summed E-state index contributed by atoms with van der Waals surface area (Å²) < 4.78 is 29.0. The second kappa shape index (κ2) is 10.3. The molecule has 0 bridgehead atoms. The van der Waals surface area contributed by atoms with Crippen molar-refractivity contribution in [3.05, 3.63) is 47.7 Å². The fourth-order valence-corrected chi connectivity index (χ4v) is 5.93. The summed E-state index contributed by atoms with van der Waals surface area (Å²) >= 11 is 0. The van der Waals surface area contributed by atoms with Crippen LogP contribution in [0.3, 0.4) is 0 Å². The Bertz CT molecular complexity index is 1110. The predicted octanol–water partition coefficient (Wildman–Crippen LogP) is 4.02. The number of piperidine rings is 1. The number of nitrogens with zero attached hydrogens (tertiary/aromatic N) is 3. The van der Waals surface area contributed by atoms with Crippen molar-refractivity contribution in [2.45, 2.75) is 50.3 Å². The smallest absolute Gasteiger partial charge is 0.337 e. The van der Waals surface area contributed by atoms with Crippen LogP contribution in [0.1, 0.15) is 61.4 Å². The van der Waals surface area contributed by atoms with Gasteiger partial charge in [-0.05, 0) is 74.4 Å². The maximum atomic E-state index is 13.2. The van der Waals surface area contributed by atoms with E-state index in [0.717, 1.165) is 51.1 Å². The average molecular weight is 487 g/mol. The van der Waals surface area contributed by atoms with Crippen LogP contribution in [0.25, 0.3) is 0 Å². The van der Waals surface area contributed by atoms with Crippen molar-refractivity contribution in [3.8, 4) is 0 Å². The second-order valence-electron chi connectivity index (χ2n) is 9.69. The Morgan fingerprint density at radius 1 is 1.15 bits per heavy atom. The maximum Gasteiger partial charge on any atom is 0.337 e. The number of anilines is 2. The van der Waals surface area contributed by atoms with E-state index in [1.165, 1.54) is 25.1 Å². The minimum absolute atomic E-state index is 0.0535. The molecule has 1 atom stereocenters. The molecule has 0 amide bonds. The number of aromatic nitrogens is 1. The quantitative estimate of drug-likeness (QED) is 0.581. The van der Waals surface area contributed by atoms with Crippen LogP contribution in [0.2, 0.25) is 0 Å². The maximum absolute atomic E-state index is 13.2. The molecule has 0 saturated carbocycles. The molecule has 2 saturated heterocycles. The summed E-state index contributed by atoms with van der Waals surface area (Å²) in [5.74, 6) is 0.103.